The van der Waals surface area contributed by atoms with Gasteiger partial charge in [0.15, 0.2) is 6.61 Å². The predicted octanol–water partition coefficient (Wildman–Crippen LogP) is 4.74. The first-order chi connectivity index (χ1) is 15.3. The molecule has 6 nitrogen and oxygen atoms in total. The molecule has 0 unspecified atom stereocenters. The van der Waals surface area contributed by atoms with Gasteiger partial charge < -0.3 is 9.47 Å². The van der Waals surface area contributed by atoms with Crippen LogP contribution in [-0.2, 0) is 22.5 Å². The topological polar surface area (TPSA) is 67.5 Å². The minimum Gasteiger partial charge on any atom is -0.482 e. The van der Waals surface area contributed by atoms with Crippen LogP contribution >= 0.6 is 0 Å². The van der Waals surface area contributed by atoms with Crippen molar-refractivity contribution in [3.8, 4) is 5.75 Å². The molecule has 2 heterocycles. The van der Waals surface area contributed by atoms with Crippen molar-refractivity contribution < 1.29 is 14.3 Å². The Bertz CT molecular complexity index is 1050. The number of piperidine rings is 1. The highest BCUT2D eigenvalue weighted by atomic mass is 16.6. The molecule has 170 valence electrons. The lowest BCUT2D eigenvalue weighted by Gasteiger charge is -2.33. The molecule has 0 aliphatic carbocycles. The fourth-order valence-electron chi connectivity index (χ4n) is 4.42. The summed E-state index contributed by atoms with van der Waals surface area (Å²) in [6.45, 7) is 8.58. The van der Waals surface area contributed by atoms with Gasteiger partial charge in [0.05, 0.1) is 11.7 Å². The standard InChI is InChI=1S/C26H33N3O3/c1-26(2,3)32-25(30)18-31-23-8-4-6-21(14-23)17-29-11-5-7-20(16-29)12-19-9-10-24-22(13-19)15-27-28-24/h4,6,8-10,13-15,20H,5,7,11-12,16-18H2,1-3H3,(H,27,28)/t20-/m1/s1. The third kappa shape index (κ3) is 6.33. The maximum atomic E-state index is 11.9. The highest BCUT2D eigenvalue weighted by molar-refractivity contribution is 5.78. The molecule has 1 aliphatic rings. The number of carbonyl (C=O) groups excluding carboxylic acids is 1. The van der Waals surface area contributed by atoms with Crippen molar-refractivity contribution in [2.75, 3.05) is 19.7 Å². The Morgan fingerprint density at radius 1 is 1.19 bits per heavy atom. The number of rotatable bonds is 7. The molecule has 0 spiro atoms. The van der Waals surface area contributed by atoms with Gasteiger partial charge in [-0.05, 0) is 87.9 Å². The minimum atomic E-state index is -0.503. The molecule has 6 heteroatoms. The van der Waals surface area contributed by atoms with E-state index in [-0.39, 0.29) is 12.6 Å². The first kappa shape index (κ1) is 22.3. The molecule has 0 saturated carbocycles. The maximum Gasteiger partial charge on any atom is 0.344 e. The number of ether oxygens (including phenoxy) is 2. The van der Waals surface area contributed by atoms with Gasteiger partial charge in [-0.3, -0.25) is 10.00 Å². The molecule has 0 bridgehead atoms. The number of nitrogens with zero attached hydrogens (tertiary/aromatic N) is 2. The molecule has 1 N–H and O–H groups in total. The number of likely N-dealkylation sites (tertiary alicyclic amines) is 1. The molecule has 1 saturated heterocycles. The average molecular weight is 436 g/mol. The number of benzene rings is 2. The summed E-state index contributed by atoms with van der Waals surface area (Å²) in [6.07, 6.45) is 5.47. The van der Waals surface area contributed by atoms with Gasteiger partial charge in [-0.25, -0.2) is 4.79 Å². The van der Waals surface area contributed by atoms with Crippen LogP contribution < -0.4 is 4.74 Å². The number of aromatic nitrogens is 2. The second-order valence-corrected chi connectivity index (χ2v) is 9.76. The van der Waals surface area contributed by atoms with Crippen LogP contribution in [0, 0.1) is 5.92 Å². The smallest absolute Gasteiger partial charge is 0.344 e. The summed E-state index contributed by atoms with van der Waals surface area (Å²) >= 11 is 0. The van der Waals surface area contributed by atoms with Gasteiger partial charge >= 0.3 is 5.97 Å². The lowest BCUT2D eigenvalue weighted by molar-refractivity contribution is -0.157. The van der Waals surface area contributed by atoms with Crippen molar-refractivity contribution in [1.82, 2.24) is 15.1 Å². The third-order valence-corrected chi connectivity index (χ3v) is 5.71. The summed E-state index contributed by atoms with van der Waals surface area (Å²) in [5.74, 6) is 1.01. The van der Waals surface area contributed by atoms with Gasteiger partial charge in [0, 0.05) is 18.5 Å². The average Bonchev–Trinajstić information content (AvgIpc) is 3.20. The molecule has 0 amide bonds. The molecular weight excluding hydrogens is 402 g/mol. The van der Waals surface area contributed by atoms with Gasteiger partial charge in [0.1, 0.15) is 11.4 Å². The van der Waals surface area contributed by atoms with Crippen LogP contribution in [0.3, 0.4) is 0 Å². The maximum absolute atomic E-state index is 11.9. The Hall–Kier alpha value is -2.86. The number of aromatic amines is 1. The van der Waals surface area contributed by atoms with Crippen LogP contribution in [0.15, 0.2) is 48.7 Å². The van der Waals surface area contributed by atoms with Crippen molar-refractivity contribution in [3.63, 3.8) is 0 Å². The molecule has 1 atom stereocenters. The fourth-order valence-corrected chi connectivity index (χ4v) is 4.42. The molecule has 4 rings (SSSR count). The number of fused-ring (bicyclic) bond motifs is 1. The molecule has 1 aromatic heterocycles. The molecule has 1 fully saturated rings. The fraction of sp³-hybridized carbons (Fsp3) is 0.462. The van der Waals surface area contributed by atoms with E-state index < -0.39 is 5.60 Å². The highest BCUT2D eigenvalue weighted by Gasteiger charge is 2.21. The van der Waals surface area contributed by atoms with Crippen LogP contribution in [-0.4, -0.2) is 46.4 Å². The van der Waals surface area contributed by atoms with Gasteiger partial charge in [-0.1, -0.05) is 18.2 Å². The first-order valence-corrected chi connectivity index (χ1v) is 11.4. The van der Waals surface area contributed by atoms with Crippen LogP contribution in [0.25, 0.3) is 10.9 Å². The zero-order valence-electron chi connectivity index (χ0n) is 19.3. The third-order valence-electron chi connectivity index (χ3n) is 5.71. The van der Waals surface area contributed by atoms with Crippen LogP contribution in [0.5, 0.6) is 5.75 Å². The van der Waals surface area contributed by atoms with Crippen molar-refractivity contribution >= 4 is 16.9 Å². The van der Waals surface area contributed by atoms with Gasteiger partial charge in [0.2, 0.25) is 0 Å². The Labute approximate surface area is 189 Å². The van der Waals surface area contributed by atoms with Crippen molar-refractivity contribution in [1.29, 1.82) is 0 Å². The van der Waals surface area contributed by atoms with E-state index in [9.17, 15) is 4.79 Å². The summed E-state index contributed by atoms with van der Waals surface area (Å²) in [7, 11) is 0. The van der Waals surface area contributed by atoms with Gasteiger partial charge in [-0.15, -0.1) is 0 Å². The SMILES string of the molecule is CC(C)(C)OC(=O)COc1cccc(CN2CCC[C@H](Cc3ccc4[nH]ncc4c3)C2)c1. The van der Waals surface area contributed by atoms with E-state index in [1.54, 1.807) is 0 Å². The molecule has 32 heavy (non-hydrogen) atoms. The van der Waals surface area contributed by atoms with Crippen LogP contribution in [0.4, 0.5) is 0 Å². The number of nitrogens with one attached hydrogen (secondary N) is 1. The predicted molar refractivity (Wildman–Crippen MR) is 126 cm³/mol. The summed E-state index contributed by atoms with van der Waals surface area (Å²) < 4.78 is 11.0. The number of hydrogen-bond acceptors (Lipinski definition) is 5. The number of carbonyl (C=O) groups is 1. The van der Waals surface area contributed by atoms with E-state index in [0.29, 0.717) is 11.7 Å². The Balaban J connectivity index is 1.30. The quantitative estimate of drug-likeness (QED) is 0.543. The monoisotopic (exact) mass is 435 g/mol. The second kappa shape index (κ2) is 9.74. The van der Waals surface area contributed by atoms with Gasteiger partial charge in [0.25, 0.3) is 0 Å². The van der Waals surface area contributed by atoms with Crippen LogP contribution in [0.2, 0.25) is 0 Å². The molecule has 1 aliphatic heterocycles. The molecule has 0 radical (unpaired) electrons. The lowest BCUT2D eigenvalue weighted by Crippen LogP contribution is -2.35. The number of hydrogen-bond donors (Lipinski definition) is 1. The zero-order valence-corrected chi connectivity index (χ0v) is 19.3. The van der Waals surface area contributed by atoms with Crippen molar-refractivity contribution in [2.24, 2.45) is 5.92 Å². The van der Waals surface area contributed by atoms with E-state index in [0.717, 1.165) is 31.6 Å². The second-order valence-electron chi connectivity index (χ2n) is 9.76. The summed E-state index contributed by atoms with van der Waals surface area (Å²) in [5, 5.41) is 8.32. The van der Waals surface area contributed by atoms with Gasteiger partial charge in [-0.2, -0.15) is 5.10 Å². The lowest BCUT2D eigenvalue weighted by atomic mass is 9.90. The van der Waals surface area contributed by atoms with E-state index in [2.05, 4.69) is 39.4 Å². The van der Waals surface area contributed by atoms with E-state index in [4.69, 9.17) is 9.47 Å². The summed E-state index contributed by atoms with van der Waals surface area (Å²) in [5.41, 5.74) is 3.17. The molecule has 2 aromatic carbocycles. The van der Waals surface area contributed by atoms with Crippen molar-refractivity contribution in [3.05, 3.63) is 59.8 Å². The molecular formula is C26H33N3O3. The Morgan fingerprint density at radius 2 is 2.06 bits per heavy atom. The minimum absolute atomic E-state index is 0.0759. The zero-order chi connectivity index (χ0) is 22.6. The van der Waals surface area contributed by atoms with E-state index in [1.807, 2.05) is 45.2 Å². The van der Waals surface area contributed by atoms with E-state index in [1.165, 1.54) is 29.4 Å². The molecule has 3 aromatic rings. The summed E-state index contributed by atoms with van der Waals surface area (Å²) in [6, 6.07) is 14.6. The number of H-pyrrole nitrogens is 1. The number of esters is 1. The Kier molecular flexibility index (Phi) is 6.80. The Morgan fingerprint density at radius 3 is 2.91 bits per heavy atom. The van der Waals surface area contributed by atoms with Crippen LogP contribution in [0.1, 0.15) is 44.7 Å². The first-order valence-electron chi connectivity index (χ1n) is 11.4. The largest absolute Gasteiger partial charge is 0.482 e. The normalized spacial score (nSPS) is 17.4. The summed E-state index contributed by atoms with van der Waals surface area (Å²) in [4.78, 5) is 14.4. The van der Waals surface area contributed by atoms with Crippen molar-refractivity contribution in [2.45, 2.75) is 52.2 Å². The highest BCUT2D eigenvalue weighted by Crippen LogP contribution is 2.24. The van der Waals surface area contributed by atoms with E-state index >= 15 is 0 Å².